The number of ether oxygens (including phenoxy) is 1. The summed E-state index contributed by atoms with van der Waals surface area (Å²) in [5.41, 5.74) is 0.530. The van der Waals surface area contributed by atoms with Crippen molar-refractivity contribution in [2.24, 2.45) is 0 Å². The van der Waals surface area contributed by atoms with E-state index in [1.807, 2.05) is 13.8 Å². The number of carbonyl (C=O) groups excluding carboxylic acids is 1. The lowest BCUT2D eigenvalue weighted by Crippen LogP contribution is -1.95. The highest BCUT2D eigenvalue weighted by molar-refractivity contribution is 5.97. The molecule has 0 saturated heterocycles. The predicted molar refractivity (Wildman–Crippen MR) is 54.3 cm³/mol. The summed E-state index contributed by atoms with van der Waals surface area (Å²) in [5.74, 6) is 0.868. The van der Waals surface area contributed by atoms with E-state index in [1.54, 1.807) is 25.3 Å². The van der Waals surface area contributed by atoms with Crippen molar-refractivity contribution in [2.45, 2.75) is 20.3 Å². The van der Waals surface area contributed by atoms with Crippen molar-refractivity contribution in [3.8, 4) is 0 Å². The SMILES string of the molecule is C=C(/C=C\C=C(/C)OC)C(=O)CC. The van der Waals surface area contributed by atoms with Crippen LogP contribution in [-0.2, 0) is 9.53 Å². The molecule has 0 aliphatic rings. The summed E-state index contributed by atoms with van der Waals surface area (Å²) in [4.78, 5) is 11.1. The van der Waals surface area contributed by atoms with Gasteiger partial charge in [0.05, 0.1) is 12.9 Å². The molecule has 2 heteroatoms. The summed E-state index contributed by atoms with van der Waals surface area (Å²) in [7, 11) is 1.60. The van der Waals surface area contributed by atoms with Crippen molar-refractivity contribution in [3.05, 3.63) is 36.1 Å². The lowest BCUT2D eigenvalue weighted by atomic mass is 10.1. The Hall–Kier alpha value is -1.31. The second-order valence-electron chi connectivity index (χ2n) is 2.64. The number of rotatable bonds is 5. The van der Waals surface area contributed by atoms with E-state index < -0.39 is 0 Å². The maximum atomic E-state index is 11.1. The van der Waals surface area contributed by atoms with E-state index in [-0.39, 0.29) is 5.78 Å². The van der Waals surface area contributed by atoms with Crippen LogP contribution in [0.3, 0.4) is 0 Å². The average Bonchev–Trinajstić information content (AvgIpc) is 2.15. The van der Waals surface area contributed by atoms with E-state index >= 15 is 0 Å². The molecule has 0 bridgehead atoms. The molecule has 0 amide bonds. The zero-order chi connectivity index (χ0) is 10.3. The van der Waals surface area contributed by atoms with Crippen LogP contribution in [0.5, 0.6) is 0 Å². The number of carbonyl (C=O) groups is 1. The molecule has 0 saturated carbocycles. The van der Waals surface area contributed by atoms with Gasteiger partial charge in [0.25, 0.3) is 0 Å². The first kappa shape index (κ1) is 11.7. The molecule has 0 fully saturated rings. The molecule has 0 spiro atoms. The molecule has 0 heterocycles. The molecule has 0 atom stereocenters. The molecule has 0 rings (SSSR count). The molecule has 72 valence electrons. The fourth-order valence-electron chi connectivity index (χ4n) is 0.688. The van der Waals surface area contributed by atoms with Crippen LogP contribution >= 0.6 is 0 Å². The Labute approximate surface area is 79.6 Å². The molecule has 0 unspecified atom stereocenters. The molecule has 0 aliphatic heterocycles. The van der Waals surface area contributed by atoms with Crippen LogP contribution < -0.4 is 0 Å². The highest BCUT2D eigenvalue weighted by Gasteiger charge is 1.97. The maximum absolute atomic E-state index is 11.1. The number of hydrogen-bond acceptors (Lipinski definition) is 2. The van der Waals surface area contributed by atoms with Gasteiger partial charge < -0.3 is 4.74 Å². The molecule has 0 aliphatic carbocycles. The number of methoxy groups -OCH3 is 1. The molecule has 0 aromatic carbocycles. The van der Waals surface area contributed by atoms with Crippen LogP contribution in [0.15, 0.2) is 36.1 Å². The van der Waals surface area contributed by atoms with Gasteiger partial charge in [-0.15, -0.1) is 0 Å². The Kier molecular flexibility index (Phi) is 5.60. The highest BCUT2D eigenvalue weighted by atomic mass is 16.5. The van der Waals surface area contributed by atoms with E-state index in [0.29, 0.717) is 12.0 Å². The average molecular weight is 180 g/mol. The fourth-order valence-corrected chi connectivity index (χ4v) is 0.688. The lowest BCUT2D eigenvalue weighted by Gasteiger charge is -1.95. The van der Waals surface area contributed by atoms with Crippen LogP contribution in [0.25, 0.3) is 0 Å². The normalized spacial score (nSPS) is 11.8. The Balaban J connectivity index is 4.13. The Morgan fingerprint density at radius 3 is 2.62 bits per heavy atom. The fraction of sp³-hybridized carbons (Fsp3) is 0.364. The highest BCUT2D eigenvalue weighted by Crippen LogP contribution is 2.00. The van der Waals surface area contributed by atoms with E-state index in [2.05, 4.69) is 6.58 Å². The third-order valence-corrected chi connectivity index (χ3v) is 1.63. The van der Waals surface area contributed by atoms with Gasteiger partial charge in [-0.25, -0.2) is 0 Å². The Morgan fingerprint density at radius 2 is 2.15 bits per heavy atom. The third kappa shape index (κ3) is 5.01. The zero-order valence-electron chi connectivity index (χ0n) is 8.46. The van der Waals surface area contributed by atoms with E-state index in [4.69, 9.17) is 4.74 Å². The van der Waals surface area contributed by atoms with Gasteiger partial charge in [0.15, 0.2) is 5.78 Å². The van der Waals surface area contributed by atoms with Crippen LogP contribution in [0.4, 0.5) is 0 Å². The van der Waals surface area contributed by atoms with Gasteiger partial charge in [0, 0.05) is 12.0 Å². The van der Waals surface area contributed by atoms with Gasteiger partial charge in [-0.05, 0) is 13.0 Å². The second-order valence-corrected chi connectivity index (χ2v) is 2.64. The molecule has 2 nitrogen and oxygen atoms in total. The van der Waals surface area contributed by atoms with Gasteiger partial charge in [-0.2, -0.15) is 0 Å². The minimum Gasteiger partial charge on any atom is -0.501 e. The quantitative estimate of drug-likeness (QED) is 0.369. The predicted octanol–water partition coefficient (Wildman–Crippen LogP) is 2.63. The summed E-state index contributed by atoms with van der Waals surface area (Å²) in [5, 5.41) is 0. The number of hydrogen-bond donors (Lipinski definition) is 0. The summed E-state index contributed by atoms with van der Waals surface area (Å²) < 4.78 is 4.91. The van der Waals surface area contributed by atoms with Crippen LogP contribution in [0.1, 0.15) is 20.3 Å². The van der Waals surface area contributed by atoms with E-state index in [0.717, 1.165) is 5.76 Å². The Bertz CT molecular complexity index is 247. The van der Waals surface area contributed by atoms with Crippen LogP contribution in [-0.4, -0.2) is 12.9 Å². The monoisotopic (exact) mass is 180 g/mol. The largest absolute Gasteiger partial charge is 0.501 e. The first-order valence-electron chi connectivity index (χ1n) is 4.22. The van der Waals surface area contributed by atoms with Crippen molar-refractivity contribution >= 4 is 5.78 Å². The molecule has 0 radical (unpaired) electrons. The van der Waals surface area contributed by atoms with Crippen molar-refractivity contribution < 1.29 is 9.53 Å². The van der Waals surface area contributed by atoms with Crippen molar-refractivity contribution in [2.75, 3.05) is 7.11 Å². The number of allylic oxidation sites excluding steroid dienone is 5. The standard InChI is InChI=1S/C11H16O2/c1-5-11(12)9(2)7-6-8-10(3)13-4/h6-8H,2,5H2,1,3-4H3/b7-6-,10-8+. The molecular weight excluding hydrogens is 164 g/mol. The maximum Gasteiger partial charge on any atom is 0.162 e. The van der Waals surface area contributed by atoms with Crippen LogP contribution in [0.2, 0.25) is 0 Å². The molecular formula is C11H16O2. The number of Topliss-reactive ketones (excluding diaryl/α,β-unsaturated/α-hetero) is 1. The van der Waals surface area contributed by atoms with Gasteiger partial charge in [-0.3, -0.25) is 4.79 Å². The van der Waals surface area contributed by atoms with Gasteiger partial charge in [0.1, 0.15) is 0 Å². The topological polar surface area (TPSA) is 26.3 Å². The first-order chi connectivity index (χ1) is 6.11. The molecule has 0 aromatic heterocycles. The zero-order valence-corrected chi connectivity index (χ0v) is 8.46. The smallest absolute Gasteiger partial charge is 0.162 e. The summed E-state index contributed by atoms with van der Waals surface area (Å²) in [6.07, 6.45) is 5.73. The minimum absolute atomic E-state index is 0.0692. The second kappa shape index (κ2) is 6.23. The van der Waals surface area contributed by atoms with Crippen molar-refractivity contribution in [1.29, 1.82) is 0 Å². The summed E-state index contributed by atoms with van der Waals surface area (Å²) in [6.45, 7) is 7.30. The summed E-state index contributed by atoms with van der Waals surface area (Å²) >= 11 is 0. The molecule has 0 aromatic rings. The van der Waals surface area contributed by atoms with E-state index in [1.165, 1.54) is 0 Å². The number of ketones is 1. The van der Waals surface area contributed by atoms with E-state index in [9.17, 15) is 4.79 Å². The van der Waals surface area contributed by atoms with Gasteiger partial charge in [-0.1, -0.05) is 25.7 Å². The molecule has 13 heavy (non-hydrogen) atoms. The lowest BCUT2D eigenvalue weighted by molar-refractivity contribution is -0.114. The van der Waals surface area contributed by atoms with Gasteiger partial charge in [0.2, 0.25) is 0 Å². The third-order valence-electron chi connectivity index (χ3n) is 1.63. The van der Waals surface area contributed by atoms with Gasteiger partial charge >= 0.3 is 0 Å². The van der Waals surface area contributed by atoms with Crippen LogP contribution in [0, 0.1) is 0 Å². The molecule has 0 N–H and O–H groups in total. The Morgan fingerprint density at radius 1 is 1.54 bits per heavy atom. The van der Waals surface area contributed by atoms with Crippen molar-refractivity contribution in [3.63, 3.8) is 0 Å². The minimum atomic E-state index is 0.0692. The first-order valence-corrected chi connectivity index (χ1v) is 4.22. The van der Waals surface area contributed by atoms with Crippen molar-refractivity contribution in [1.82, 2.24) is 0 Å². The summed E-state index contributed by atoms with van der Waals surface area (Å²) in [6, 6.07) is 0.